The van der Waals surface area contributed by atoms with Crippen molar-refractivity contribution in [2.45, 2.75) is 12.6 Å². The number of ether oxygens (including phenoxy) is 1. The number of aromatic nitrogens is 2. The van der Waals surface area contributed by atoms with E-state index in [0.717, 1.165) is 0 Å². The molecule has 26 heavy (non-hydrogen) atoms. The smallest absolute Gasteiger partial charge is 0.259 e. The van der Waals surface area contributed by atoms with Crippen LogP contribution in [0.15, 0.2) is 47.4 Å². The second-order valence-corrected chi connectivity index (χ2v) is 5.71. The van der Waals surface area contributed by atoms with E-state index >= 15 is 0 Å². The maximum absolute atomic E-state index is 12.9. The van der Waals surface area contributed by atoms with Crippen LogP contribution in [-0.2, 0) is 6.54 Å². The minimum atomic E-state index is -1.16. The van der Waals surface area contributed by atoms with E-state index in [1.165, 1.54) is 11.7 Å². The van der Waals surface area contributed by atoms with Gasteiger partial charge in [-0.25, -0.2) is 0 Å². The molecule has 0 saturated heterocycles. The molecule has 0 aliphatic carbocycles. The molecule has 2 N–H and O–H groups in total. The van der Waals surface area contributed by atoms with E-state index in [9.17, 15) is 15.2 Å². The molecule has 0 aliphatic rings. The monoisotopic (exact) mass is 351 g/mol. The van der Waals surface area contributed by atoms with Crippen LogP contribution in [0.3, 0.4) is 0 Å². The molecule has 0 spiro atoms. The first-order chi connectivity index (χ1) is 12.6. The zero-order valence-corrected chi connectivity index (χ0v) is 14.1. The lowest BCUT2D eigenvalue weighted by atomic mass is 10.00. The van der Waals surface area contributed by atoms with Crippen molar-refractivity contribution >= 4 is 10.8 Å². The molecule has 0 bridgehead atoms. The van der Waals surface area contributed by atoms with E-state index in [0.29, 0.717) is 27.8 Å². The van der Waals surface area contributed by atoms with Crippen molar-refractivity contribution < 1.29 is 14.9 Å². The third kappa shape index (κ3) is 3.04. The van der Waals surface area contributed by atoms with Crippen LogP contribution >= 0.6 is 0 Å². The van der Waals surface area contributed by atoms with E-state index in [1.54, 1.807) is 42.6 Å². The van der Waals surface area contributed by atoms with E-state index in [4.69, 9.17) is 9.84 Å². The number of hydrogen-bond donors (Lipinski definition) is 2. The SMILES string of the molecule is COc1ccc2c(=O)n(CC(O)CO)c(C#N)c(-c3ccccn3)c2c1. The number of nitrogens with zero attached hydrogens (tertiary/aromatic N) is 3. The third-order valence-electron chi connectivity index (χ3n) is 4.11. The fourth-order valence-corrected chi connectivity index (χ4v) is 2.88. The van der Waals surface area contributed by atoms with Crippen molar-refractivity contribution in [3.63, 3.8) is 0 Å². The van der Waals surface area contributed by atoms with Crippen LogP contribution in [0, 0.1) is 11.3 Å². The highest BCUT2D eigenvalue weighted by molar-refractivity contribution is 5.98. The Bertz CT molecular complexity index is 1040. The predicted molar refractivity (Wildman–Crippen MR) is 95.8 cm³/mol. The van der Waals surface area contributed by atoms with Crippen LogP contribution in [0.5, 0.6) is 5.75 Å². The molecule has 0 amide bonds. The molecule has 0 radical (unpaired) electrons. The number of methoxy groups -OCH3 is 1. The standard InChI is InChI=1S/C19H17N3O4/c1-26-13-5-6-14-15(8-13)18(16-4-2-3-7-21-16)17(9-20)22(19(14)25)10-12(24)11-23/h2-8,12,23-24H,10-11H2,1H3. The lowest BCUT2D eigenvalue weighted by Gasteiger charge is -2.17. The van der Waals surface area contributed by atoms with Gasteiger partial charge < -0.3 is 14.9 Å². The molecule has 7 nitrogen and oxygen atoms in total. The molecule has 1 atom stereocenters. The Kier molecular flexibility index (Phi) is 4.98. The zero-order chi connectivity index (χ0) is 18.7. The maximum Gasteiger partial charge on any atom is 0.259 e. The molecule has 132 valence electrons. The van der Waals surface area contributed by atoms with E-state index in [2.05, 4.69) is 11.1 Å². The normalized spacial score (nSPS) is 11.9. The second kappa shape index (κ2) is 7.35. The number of rotatable bonds is 5. The highest BCUT2D eigenvalue weighted by Crippen LogP contribution is 2.31. The topological polar surface area (TPSA) is 108 Å². The quantitative estimate of drug-likeness (QED) is 0.717. The average Bonchev–Trinajstić information content (AvgIpc) is 2.69. The van der Waals surface area contributed by atoms with Crippen molar-refractivity contribution in [3.8, 4) is 23.1 Å². The summed E-state index contributed by atoms with van der Waals surface area (Å²) in [6.45, 7) is -0.711. The largest absolute Gasteiger partial charge is 0.497 e. The minimum Gasteiger partial charge on any atom is -0.497 e. The summed E-state index contributed by atoms with van der Waals surface area (Å²) in [5.74, 6) is 0.547. The Hall–Kier alpha value is -3.21. The van der Waals surface area contributed by atoms with Gasteiger partial charge >= 0.3 is 0 Å². The van der Waals surface area contributed by atoms with E-state index in [-0.39, 0.29) is 12.2 Å². The highest BCUT2D eigenvalue weighted by atomic mass is 16.5. The summed E-state index contributed by atoms with van der Waals surface area (Å²) in [6.07, 6.45) is 0.438. The minimum absolute atomic E-state index is 0.0713. The third-order valence-corrected chi connectivity index (χ3v) is 4.11. The fraction of sp³-hybridized carbons (Fsp3) is 0.211. The van der Waals surface area contributed by atoms with Crippen molar-refractivity contribution in [3.05, 3.63) is 58.6 Å². The number of pyridine rings is 2. The predicted octanol–water partition coefficient (Wildman–Crippen LogP) is 1.30. The van der Waals surface area contributed by atoms with Gasteiger partial charge in [-0.2, -0.15) is 5.26 Å². The summed E-state index contributed by atoms with van der Waals surface area (Å²) in [5.41, 5.74) is 0.648. The van der Waals surface area contributed by atoms with Crippen LogP contribution in [-0.4, -0.2) is 39.6 Å². The first kappa shape index (κ1) is 17.6. The van der Waals surface area contributed by atoms with Crippen LogP contribution in [0.2, 0.25) is 0 Å². The first-order valence-electron chi connectivity index (χ1n) is 7.95. The number of aliphatic hydroxyl groups excluding tert-OH is 2. The molecule has 1 aromatic carbocycles. The van der Waals surface area contributed by atoms with Crippen molar-refractivity contribution in [2.24, 2.45) is 0 Å². The molecule has 3 aromatic rings. The Morgan fingerprint density at radius 1 is 1.31 bits per heavy atom. The van der Waals surface area contributed by atoms with E-state index in [1.807, 2.05) is 0 Å². The van der Waals surface area contributed by atoms with Gasteiger partial charge in [0, 0.05) is 22.5 Å². The lowest BCUT2D eigenvalue weighted by Crippen LogP contribution is -2.31. The Labute approximate surface area is 149 Å². The van der Waals surface area contributed by atoms with Gasteiger partial charge in [0.1, 0.15) is 17.5 Å². The number of hydrogen-bond acceptors (Lipinski definition) is 6. The molecular weight excluding hydrogens is 334 g/mol. The summed E-state index contributed by atoms with van der Waals surface area (Å²) in [5, 5.41) is 29.6. The molecule has 2 aromatic heterocycles. The molecule has 0 saturated carbocycles. The summed E-state index contributed by atoms with van der Waals surface area (Å²) >= 11 is 0. The Morgan fingerprint density at radius 2 is 2.12 bits per heavy atom. The van der Waals surface area contributed by atoms with Gasteiger partial charge in [0.05, 0.1) is 32.1 Å². The Morgan fingerprint density at radius 3 is 2.73 bits per heavy atom. The number of nitriles is 1. The first-order valence-corrected chi connectivity index (χ1v) is 7.95. The van der Waals surface area contributed by atoms with Crippen LogP contribution in [0.1, 0.15) is 5.69 Å². The average molecular weight is 351 g/mol. The van der Waals surface area contributed by atoms with Crippen LogP contribution < -0.4 is 10.3 Å². The zero-order valence-electron chi connectivity index (χ0n) is 14.1. The summed E-state index contributed by atoms with van der Waals surface area (Å²) in [4.78, 5) is 17.2. The van der Waals surface area contributed by atoms with Gasteiger partial charge in [0.2, 0.25) is 0 Å². The van der Waals surface area contributed by atoms with Gasteiger partial charge in [-0.05, 0) is 30.3 Å². The summed E-state index contributed by atoms with van der Waals surface area (Å²) < 4.78 is 6.43. The van der Waals surface area contributed by atoms with Gasteiger partial charge in [-0.1, -0.05) is 6.07 Å². The number of fused-ring (bicyclic) bond motifs is 1. The molecule has 2 heterocycles. The van der Waals surface area contributed by atoms with Gasteiger partial charge in [0.25, 0.3) is 5.56 Å². The molecule has 0 aliphatic heterocycles. The molecule has 0 fully saturated rings. The van der Waals surface area contributed by atoms with E-state index < -0.39 is 18.3 Å². The highest BCUT2D eigenvalue weighted by Gasteiger charge is 2.20. The van der Waals surface area contributed by atoms with Crippen molar-refractivity contribution in [1.29, 1.82) is 5.26 Å². The molecule has 7 heteroatoms. The number of aliphatic hydroxyl groups is 2. The second-order valence-electron chi connectivity index (χ2n) is 5.71. The van der Waals surface area contributed by atoms with Crippen LogP contribution in [0.4, 0.5) is 0 Å². The fourth-order valence-electron chi connectivity index (χ4n) is 2.88. The lowest BCUT2D eigenvalue weighted by molar-refractivity contribution is 0.0803. The number of benzene rings is 1. The summed E-state index contributed by atoms with van der Waals surface area (Å²) in [7, 11) is 1.52. The molecule has 3 rings (SSSR count). The maximum atomic E-state index is 12.9. The van der Waals surface area contributed by atoms with Gasteiger partial charge in [0.15, 0.2) is 0 Å². The molecular formula is C19H17N3O4. The van der Waals surface area contributed by atoms with Crippen molar-refractivity contribution in [1.82, 2.24) is 9.55 Å². The summed E-state index contributed by atoms with van der Waals surface area (Å²) in [6, 6.07) is 12.3. The Balaban J connectivity index is 2.45. The van der Waals surface area contributed by atoms with Crippen molar-refractivity contribution in [2.75, 3.05) is 13.7 Å². The molecule has 1 unspecified atom stereocenters. The van der Waals surface area contributed by atoms with Gasteiger partial charge in [-0.15, -0.1) is 0 Å². The van der Waals surface area contributed by atoms with Gasteiger partial charge in [-0.3, -0.25) is 14.3 Å². The van der Waals surface area contributed by atoms with Crippen LogP contribution in [0.25, 0.3) is 22.0 Å².